The van der Waals surface area contributed by atoms with E-state index in [9.17, 15) is 4.79 Å². The van der Waals surface area contributed by atoms with Gasteiger partial charge in [-0.2, -0.15) is 0 Å². The van der Waals surface area contributed by atoms with Crippen LogP contribution in [0.25, 0.3) is 0 Å². The van der Waals surface area contributed by atoms with E-state index in [1.54, 1.807) is 0 Å². The average Bonchev–Trinajstić information content (AvgIpc) is 3.05. The van der Waals surface area contributed by atoms with Gasteiger partial charge in [0.2, 0.25) is 5.91 Å². The van der Waals surface area contributed by atoms with Crippen LogP contribution in [0.1, 0.15) is 24.0 Å². The first-order chi connectivity index (χ1) is 10.7. The van der Waals surface area contributed by atoms with Crippen LogP contribution in [0.15, 0.2) is 42.6 Å². The molecule has 1 N–H and O–H groups in total. The molecule has 1 fully saturated rings. The molecule has 1 aliphatic rings. The summed E-state index contributed by atoms with van der Waals surface area (Å²) in [6, 6.07) is 11.9. The van der Waals surface area contributed by atoms with Crippen molar-refractivity contribution in [2.75, 3.05) is 23.3 Å². The summed E-state index contributed by atoms with van der Waals surface area (Å²) < 4.78 is 0. The predicted molar refractivity (Wildman–Crippen MR) is 89.2 cm³/mol. The van der Waals surface area contributed by atoms with Gasteiger partial charge in [-0.1, -0.05) is 29.8 Å². The maximum absolute atomic E-state index is 12.0. The Bertz CT molecular complexity index is 628. The number of carbonyl (C=O) groups is 1. The fourth-order valence-corrected chi connectivity index (χ4v) is 2.70. The van der Waals surface area contributed by atoms with Crippen LogP contribution in [0.2, 0.25) is 0 Å². The van der Waals surface area contributed by atoms with E-state index in [2.05, 4.69) is 15.2 Å². The molecule has 0 spiro atoms. The number of pyridine rings is 1. The summed E-state index contributed by atoms with van der Waals surface area (Å²) in [6.45, 7) is 4.23. The van der Waals surface area contributed by atoms with Crippen molar-refractivity contribution in [3.8, 4) is 0 Å². The quantitative estimate of drug-likeness (QED) is 0.942. The Kier molecular flexibility index (Phi) is 4.37. The van der Waals surface area contributed by atoms with Crippen LogP contribution in [-0.4, -0.2) is 24.0 Å². The maximum Gasteiger partial charge on any atom is 0.229 e. The van der Waals surface area contributed by atoms with Crippen molar-refractivity contribution in [1.29, 1.82) is 0 Å². The zero-order valence-corrected chi connectivity index (χ0v) is 12.9. The minimum absolute atomic E-state index is 0.0368. The summed E-state index contributed by atoms with van der Waals surface area (Å²) in [7, 11) is 0. The largest absolute Gasteiger partial charge is 0.370 e. The molecule has 4 heteroatoms. The topological polar surface area (TPSA) is 45.2 Å². The van der Waals surface area contributed by atoms with Gasteiger partial charge in [-0.05, 0) is 37.5 Å². The van der Waals surface area contributed by atoms with Gasteiger partial charge in [0.15, 0.2) is 0 Å². The Morgan fingerprint density at radius 1 is 1.14 bits per heavy atom. The lowest BCUT2D eigenvalue weighted by Gasteiger charge is -2.17. The zero-order valence-electron chi connectivity index (χ0n) is 12.9. The Balaban J connectivity index is 1.57. The third-order valence-electron chi connectivity index (χ3n) is 3.97. The number of nitrogens with zero attached hydrogens (tertiary/aromatic N) is 2. The lowest BCUT2D eigenvalue weighted by molar-refractivity contribution is -0.115. The number of benzene rings is 1. The lowest BCUT2D eigenvalue weighted by Crippen LogP contribution is -2.18. The molecule has 1 aromatic carbocycles. The summed E-state index contributed by atoms with van der Waals surface area (Å²) >= 11 is 0. The highest BCUT2D eigenvalue weighted by atomic mass is 16.1. The number of carbonyl (C=O) groups excluding carboxylic acids is 1. The van der Waals surface area contributed by atoms with Crippen molar-refractivity contribution in [3.05, 3.63) is 53.7 Å². The Hall–Kier alpha value is -2.36. The van der Waals surface area contributed by atoms with E-state index < -0.39 is 0 Å². The fourth-order valence-electron chi connectivity index (χ4n) is 2.70. The van der Waals surface area contributed by atoms with Gasteiger partial charge in [-0.15, -0.1) is 0 Å². The molecule has 0 radical (unpaired) electrons. The number of hydrogen-bond donors (Lipinski definition) is 1. The molecule has 1 saturated heterocycles. The summed E-state index contributed by atoms with van der Waals surface area (Å²) in [5.74, 6) is 0.574. The highest BCUT2D eigenvalue weighted by Gasteiger charge is 2.12. The summed E-state index contributed by atoms with van der Waals surface area (Å²) in [5, 5.41) is 2.85. The molecule has 2 heterocycles. The molecule has 1 aliphatic heterocycles. The van der Waals surface area contributed by atoms with Crippen molar-refractivity contribution < 1.29 is 4.79 Å². The standard InChI is InChI=1S/C18H21N3O/c1-14-4-6-15(7-5-14)12-18(22)20-17-9-8-16(13-19-17)21-10-2-3-11-21/h4-9,13H,2-3,10-12H2,1H3,(H,19,20,22). The van der Waals surface area contributed by atoms with Gasteiger partial charge in [-0.25, -0.2) is 4.98 Å². The van der Waals surface area contributed by atoms with Crippen LogP contribution in [0.5, 0.6) is 0 Å². The van der Waals surface area contributed by atoms with E-state index in [1.807, 2.05) is 49.5 Å². The molecule has 2 aromatic rings. The van der Waals surface area contributed by atoms with Crippen LogP contribution in [0.3, 0.4) is 0 Å². The van der Waals surface area contributed by atoms with Gasteiger partial charge in [0.05, 0.1) is 18.3 Å². The van der Waals surface area contributed by atoms with Gasteiger partial charge in [0.1, 0.15) is 5.82 Å². The van der Waals surface area contributed by atoms with Gasteiger partial charge in [0, 0.05) is 13.1 Å². The third-order valence-corrected chi connectivity index (χ3v) is 3.97. The first-order valence-electron chi connectivity index (χ1n) is 7.77. The number of rotatable bonds is 4. The predicted octanol–water partition coefficient (Wildman–Crippen LogP) is 3.17. The number of aryl methyl sites for hydroxylation is 1. The molecule has 1 amide bonds. The van der Waals surface area contributed by atoms with E-state index in [0.717, 1.165) is 24.3 Å². The number of nitrogens with one attached hydrogen (secondary N) is 1. The summed E-state index contributed by atoms with van der Waals surface area (Å²) in [6.07, 6.45) is 4.70. The molecule has 4 nitrogen and oxygen atoms in total. The van der Waals surface area contributed by atoms with Crippen LogP contribution in [-0.2, 0) is 11.2 Å². The molecular formula is C18H21N3O. The maximum atomic E-state index is 12.0. The van der Waals surface area contributed by atoms with Gasteiger partial charge >= 0.3 is 0 Å². The highest BCUT2D eigenvalue weighted by molar-refractivity contribution is 5.91. The van der Waals surface area contributed by atoms with Gasteiger partial charge < -0.3 is 10.2 Å². The van der Waals surface area contributed by atoms with Crippen molar-refractivity contribution in [3.63, 3.8) is 0 Å². The van der Waals surface area contributed by atoms with Crippen LogP contribution < -0.4 is 10.2 Å². The van der Waals surface area contributed by atoms with Crippen molar-refractivity contribution in [2.24, 2.45) is 0 Å². The van der Waals surface area contributed by atoms with E-state index in [0.29, 0.717) is 12.2 Å². The first kappa shape index (κ1) is 14.6. The smallest absolute Gasteiger partial charge is 0.229 e. The SMILES string of the molecule is Cc1ccc(CC(=O)Nc2ccc(N3CCCC3)cn2)cc1. The summed E-state index contributed by atoms with van der Waals surface area (Å²) in [4.78, 5) is 18.7. The van der Waals surface area contributed by atoms with E-state index in [-0.39, 0.29) is 5.91 Å². The third kappa shape index (κ3) is 3.64. The second-order valence-corrected chi connectivity index (χ2v) is 5.81. The van der Waals surface area contributed by atoms with E-state index in [1.165, 1.54) is 18.4 Å². The minimum Gasteiger partial charge on any atom is -0.370 e. The molecule has 1 aromatic heterocycles. The van der Waals surface area contributed by atoms with Crippen molar-refractivity contribution >= 4 is 17.4 Å². The Morgan fingerprint density at radius 3 is 2.50 bits per heavy atom. The zero-order chi connectivity index (χ0) is 15.4. The normalized spacial score (nSPS) is 14.1. The van der Waals surface area contributed by atoms with Crippen molar-refractivity contribution in [2.45, 2.75) is 26.2 Å². The Labute approximate surface area is 131 Å². The number of aromatic nitrogens is 1. The summed E-state index contributed by atoms with van der Waals surface area (Å²) in [5.41, 5.74) is 3.34. The second-order valence-electron chi connectivity index (χ2n) is 5.81. The van der Waals surface area contributed by atoms with E-state index in [4.69, 9.17) is 0 Å². The lowest BCUT2D eigenvalue weighted by atomic mass is 10.1. The number of anilines is 2. The molecule has 0 saturated carbocycles. The van der Waals surface area contributed by atoms with Gasteiger partial charge in [0.25, 0.3) is 0 Å². The molecule has 0 atom stereocenters. The van der Waals surface area contributed by atoms with Crippen LogP contribution in [0, 0.1) is 6.92 Å². The highest BCUT2D eigenvalue weighted by Crippen LogP contribution is 2.20. The fraction of sp³-hybridized carbons (Fsp3) is 0.333. The molecule has 3 rings (SSSR count). The first-order valence-corrected chi connectivity index (χ1v) is 7.77. The van der Waals surface area contributed by atoms with Crippen LogP contribution in [0.4, 0.5) is 11.5 Å². The van der Waals surface area contributed by atoms with Crippen LogP contribution >= 0.6 is 0 Å². The molecule has 0 unspecified atom stereocenters. The number of hydrogen-bond acceptors (Lipinski definition) is 3. The molecule has 0 aliphatic carbocycles. The second kappa shape index (κ2) is 6.60. The molecule has 114 valence electrons. The monoisotopic (exact) mass is 295 g/mol. The number of amides is 1. The van der Waals surface area contributed by atoms with Crippen molar-refractivity contribution in [1.82, 2.24) is 4.98 Å². The van der Waals surface area contributed by atoms with E-state index >= 15 is 0 Å². The molecule has 22 heavy (non-hydrogen) atoms. The molecular weight excluding hydrogens is 274 g/mol. The average molecular weight is 295 g/mol. The Morgan fingerprint density at radius 2 is 1.86 bits per heavy atom. The van der Waals surface area contributed by atoms with Gasteiger partial charge in [-0.3, -0.25) is 4.79 Å². The molecule has 0 bridgehead atoms. The minimum atomic E-state index is -0.0368.